The number of para-hydroxylation sites is 1. The number of amides is 1. The summed E-state index contributed by atoms with van der Waals surface area (Å²) in [5.74, 6) is 0.941. The molecule has 0 saturated heterocycles. The summed E-state index contributed by atoms with van der Waals surface area (Å²) >= 11 is 0. The van der Waals surface area contributed by atoms with Gasteiger partial charge in [0.1, 0.15) is 0 Å². The van der Waals surface area contributed by atoms with Gasteiger partial charge in [0.15, 0.2) is 0 Å². The van der Waals surface area contributed by atoms with Crippen LogP contribution in [0.25, 0.3) is 0 Å². The van der Waals surface area contributed by atoms with E-state index in [9.17, 15) is 4.79 Å². The zero-order valence-electron chi connectivity index (χ0n) is 8.70. The third kappa shape index (κ3) is 1.36. The van der Waals surface area contributed by atoms with E-state index in [0.717, 1.165) is 12.1 Å². The van der Waals surface area contributed by atoms with Gasteiger partial charge < -0.3 is 5.32 Å². The summed E-state index contributed by atoms with van der Waals surface area (Å²) in [4.78, 5) is 11.9. The summed E-state index contributed by atoms with van der Waals surface area (Å²) in [5.41, 5.74) is 2.38. The van der Waals surface area contributed by atoms with E-state index >= 15 is 0 Å². The van der Waals surface area contributed by atoms with Crippen LogP contribution in [-0.4, -0.2) is 5.91 Å². The van der Waals surface area contributed by atoms with Gasteiger partial charge in [-0.2, -0.15) is 0 Å². The first-order valence-corrected chi connectivity index (χ1v) is 5.76. The molecule has 1 aromatic rings. The molecule has 1 fully saturated rings. The number of carbonyl (C=O) groups excluding carboxylic acids is 1. The molecule has 1 saturated carbocycles. The maximum atomic E-state index is 11.9. The van der Waals surface area contributed by atoms with Gasteiger partial charge in [0.2, 0.25) is 5.91 Å². The topological polar surface area (TPSA) is 29.1 Å². The predicted molar refractivity (Wildman–Crippen MR) is 59.8 cm³/mol. The Kier molecular flexibility index (Phi) is 2.01. The fourth-order valence-corrected chi connectivity index (χ4v) is 2.98. The van der Waals surface area contributed by atoms with Crippen LogP contribution in [0.3, 0.4) is 0 Å². The van der Waals surface area contributed by atoms with Crippen LogP contribution in [0.5, 0.6) is 0 Å². The number of benzene rings is 1. The highest BCUT2D eigenvalue weighted by atomic mass is 16.2. The fraction of sp³-hybridized carbons (Fsp3) is 0.462. The molecule has 2 atom stereocenters. The van der Waals surface area contributed by atoms with Gasteiger partial charge in [0.05, 0.1) is 0 Å². The molecule has 2 nitrogen and oxygen atoms in total. The van der Waals surface area contributed by atoms with Crippen molar-refractivity contribution in [2.24, 2.45) is 5.92 Å². The third-order valence-corrected chi connectivity index (χ3v) is 3.72. The normalized spacial score (nSPS) is 28.9. The lowest BCUT2D eigenvalue weighted by atomic mass is 9.72. The van der Waals surface area contributed by atoms with E-state index in [1.54, 1.807) is 0 Å². The molecular formula is C13H15NO. The third-order valence-electron chi connectivity index (χ3n) is 3.72. The number of hydrogen-bond acceptors (Lipinski definition) is 1. The number of anilines is 1. The minimum absolute atomic E-state index is 0.230. The van der Waals surface area contributed by atoms with Crippen molar-refractivity contribution in [2.75, 3.05) is 5.32 Å². The summed E-state index contributed by atoms with van der Waals surface area (Å²) in [6, 6.07) is 8.24. The van der Waals surface area contributed by atoms with Crippen molar-refractivity contribution in [2.45, 2.75) is 31.6 Å². The molecule has 15 heavy (non-hydrogen) atoms. The molecule has 0 unspecified atom stereocenters. The Labute approximate surface area is 89.7 Å². The lowest BCUT2D eigenvalue weighted by molar-refractivity contribution is -0.121. The summed E-state index contributed by atoms with van der Waals surface area (Å²) in [7, 11) is 0. The molecule has 1 aliphatic carbocycles. The van der Waals surface area contributed by atoms with Gasteiger partial charge in [-0.3, -0.25) is 4.79 Å². The molecule has 1 heterocycles. The number of carbonyl (C=O) groups is 1. The number of rotatable bonds is 0. The van der Waals surface area contributed by atoms with Crippen molar-refractivity contribution < 1.29 is 4.79 Å². The molecule has 0 spiro atoms. The molecule has 0 aromatic heterocycles. The highest BCUT2D eigenvalue weighted by Gasteiger charge is 2.36. The molecule has 1 amide bonds. The molecular weight excluding hydrogens is 186 g/mol. The number of fused-ring (bicyclic) bond motifs is 3. The molecule has 1 aliphatic heterocycles. The molecule has 2 heteroatoms. The second kappa shape index (κ2) is 3.37. The van der Waals surface area contributed by atoms with E-state index < -0.39 is 0 Å². The van der Waals surface area contributed by atoms with E-state index in [2.05, 4.69) is 17.4 Å². The lowest BCUT2D eigenvalue weighted by Gasteiger charge is -2.36. The molecule has 0 radical (unpaired) electrons. The van der Waals surface area contributed by atoms with Crippen LogP contribution < -0.4 is 5.32 Å². The van der Waals surface area contributed by atoms with Crippen LogP contribution in [-0.2, 0) is 4.79 Å². The molecule has 2 aliphatic rings. The average molecular weight is 201 g/mol. The van der Waals surface area contributed by atoms with Gasteiger partial charge in [-0.25, -0.2) is 0 Å². The first-order valence-electron chi connectivity index (χ1n) is 5.76. The van der Waals surface area contributed by atoms with Crippen LogP contribution in [0.15, 0.2) is 24.3 Å². The van der Waals surface area contributed by atoms with Crippen LogP contribution in [0, 0.1) is 5.92 Å². The summed E-state index contributed by atoms with van der Waals surface area (Å²) in [5, 5.41) is 3.02. The zero-order valence-corrected chi connectivity index (χ0v) is 8.70. The number of nitrogens with one attached hydrogen (secondary N) is 1. The maximum absolute atomic E-state index is 11.9. The SMILES string of the molecule is O=C1Nc2ccccc2[C@H]2CCCC[C@@H]12. The number of hydrogen-bond donors (Lipinski definition) is 1. The Morgan fingerprint density at radius 3 is 2.67 bits per heavy atom. The molecule has 1 aromatic carbocycles. The second-order valence-corrected chi connectivity index (χ2v) is 4.57. The van der Waals surface area contributed by atoms with Crippen molar-refractivity contribution in [3.8, 4) is 0 Å². The van der Waals surface area contributed by atoms with Gasteiger partial charge in [-0.05, 0) is 30.4 Å². The molecule has 78 valence electrons. The first kappa shape index (κ1) is 8.96. The van der Waals surface area contributed by atoms with Crippen molar-refractivity contribution in [3.05, 3.63) is 29.8 Å². The van der Waals surface area contributed by atoms with Crippen LogP contribution in [0.1, 0.15) is 37.2 Å². The Bertz CT molecular complexity index is 399. The summed E-state index contributed by atoms with van der Waals surface area (Å²) in [6.45, 7) is 0. The van der Waals surface area contributed by atoms with Crippen LogP contribution >= 0.6 is 0 Å². The molecule has 3 rings (SSSR count). The fourth-order valence-electron chi connectivity index (χ4n) is 2.98. The van der Waals surface area contributed by atoms with E-state index in [-0.39, 0.29) is 11.8 Å². The molecule has 0 bridgehead atoms. The van der Waals surface area contributed by atoms with Crippen molar-refractivity contribution in [3.63, 3.8) is 0 Å². The summed E-state index contributed by atoms with van der Waals surface area (Å²) in [6.07, 6.45) is 4.71. The van der Waals surface area contributed by atoms with Crippen LogP contribution in [0.2, 0.25) is 0 Å². The van der Waals surface area contributed by atoms with E-state index in [1.807, 2.05) is 12.1 Å². The van der Waals surface area contributed by atoms with Crippen molar-refractivity contribution in [1.29, 1.82) is 0 Å². The minimum Gasteiger partial charge on any atom is -0.326 e. The quantitative estimate of drug-likeness (QED) is 0.687. The minimum atomic E-state index is 0.230. The standard InChI is InChI=1S/C13H15NO/c15-13-11-7-2-1-5-9(11)10-6-3-4-8-12(10)14-13/h3-4,6,8-9,11H,1-2,5,7H2,(H,14,15)/t9-,11-/m1/s1. The Hall–Kier alpha value is -1.31. The van der Waals surface area contributed by atoms with Gasteiger partial charge in [-0.15, -0.1) is 0 Å². The Morgan fingerprint density at radius 2 is 1.80 bits per heavy atom. The van der Waals surface area contributed by atoms with Crippen LogP contribution in [0.4, 0.5) is 5.69 Å². The lowest BCUT2D eigenvalue weighted by Crippen LogP contribution is -2.35. The average Bonchev–Trinajstić information content (AvgIpc) is 2.30. The summed E-state index contributed by atoms with van der Waals surface area (Å²) < 4.78 is 0. The van der Waals surface area contributed by atoms with E-state index in [0.29, 0.717) is 5.92 Å². The molecule has 1 N–H and O–H groups in total. The monoisotopic (exact) mass is 201 g/mol. The Balaban J connectivity index is 2.06. The Morgan fingerprint density at radius 1 is 1.07 bits per heavy atom. The maximum Gasteiger partial charge on any atom is 0.228 e. The van der Waals surface area contributed by atoms with Gasteiger partial charge in [-0.1, -0.05) is 31.0 Å². The highest BCUT2D eigenvalue weighted by molar-refractivity contribution is 5.96. The van der Waals surface area contributed by atoms with Crippen molar-refractivity contribution in [1.82, 2.24) is 0 Å². The van der Waals surface area contributed by atoms with Gasteiger partial charge in [0.25, 0.3) is 0 Å². The van der Waals surface area contributed by atoms with Gasteiger partial charge in [0, 0.05) is 11.6 Å². The van der Waals surface area contributed by atoms with Crippen molar-refractivity contribution >= 4 is 11.6 Å². The second-order valence-electron chi connectivity index (χ2n) is 4.57. The smallest absolute Gasteiger partial charge is 0.228 e. The first-order chi connectivity index (χ1) is 7.36. The largest absolute Gasteiger partial charge is 0.326 e. The highest BCUT2D eigenvalue weighted by Crippen LogP contribution is 2.44. The zero-order chi connectivity index (χ0) is 10.3. The van der Waals surface area contributed by atoms with Gasteiger partial charge >= 0.3 is 0 Å². The van der Waals surface area contributed by atoms with E-state index in [4.69, 9.17) is 0 Å². The van der Waals surface area contributed by atoms with E-state index in [1.165, 1.54) is 24.8 Å². The predicted octanol–water partition coefficient (Wildman–Crippen LogP) is 2.91.